The van der Waals surface area contributed by atoms with Crippen LogP contribution < -0.4 is 16.2 Å². The molecule has 178 valence electrons. The van der Waals surface area contributed by atoms with Gasteiger partial charge in [0.25, 0.3) is 23.1 Å². The van der Waals surface area contributed by atoms with Gasteiger partial charge in [-0.15, -0.1) is 11.3 Å². The van der Waals surface area contributed by atoms with E-state index in [9.17, 15) is 24.5 Å². The van der Waals surface area contributed by atoms with E-state index in [0.717, 1.165) is 11.3 Å². The molecule has 0 spiro atoms. The fourth-order valence-electron chi connectivity index (χ4n) is 3.59. The van der Waals surface area contributed by atoms with Gasteiger partial charge in [-0.05, 0) is 44.2 Å². The first-order chi connectivity index (χ1) is 16.7. The predicted molar refractivity (Wildman–Crippen MR) is 134 cm³/mol. The Hall–Kier alpha value is -4.51. The molecule has 0 saturated heterocycles. The highest BCUT2D eigenvalue weighted by atomic mass is 32.1. The smallest absolute Gasteiger partial charge is 0.295 e. The maximum atomic E-state index is 13.0. The molecule has 0 fully saturated rings. The molecule has 4 rings (SSSR count). The van der Waals surface area contributed by atoms with Gasteiger partial charge in [-0.25, -0.2) is 4.68 Å². The molecule has 0 radical (unpaired) electrons. The number of nitrogens with one attached hydrogen (secondary N) is 2. The van der Waals surface area contributed by atoms with Crippen LogP contribution in [0.3, 0.4) is 0 Å². The van der Waals surface area contributed by atoms with Gasteiger partial charge in [0.1, 0.15) is 5.69 Å². The van der Waals surface area contributed by atoms with Crippen molar-refractivity contribution >= 4 is 40.2 Å². The molecule has 0 unspecified atom stereocenters. The van der Waals surface area contributed by atoms with E-state index in [4.69, 9.17) is 0 Å². The molecule has 0 atom stereocenters. The Labute approximate surface area is 203 Å². The van der Waals surface area contributed by atoms with Gasteiger partial charge in [-0.3, -0.25) is 29.2 Å². The number of aryl methyl sites for hydroxylation is 1. The highest BCUT2D eigenvalue weighted by molar-refractivity contribution is 7.14. The minimum absolute atomic E-state index is 0.118. The lowest BCUT2D eigenvalue weighted by molar-refractivity contribution is -0.385. The zero-order chi connectivity index (χ0) is 25.3. The molecule has 2 aromatic carbocycles. The van der Waals surface area contributed by atoms with Crippen LogP contribution in [0.2, 0.25) is 0 Å². The van der Waals surface area contributed by atoms with Crippen LogP contribution >= 0.6 is 11.3 Å². The van der Waals surface area contributed by atoms with Crippen molar-refractivity contribution in [3.8, 4) is 5.69 Å². The molecule has 11 heteroatoms. The lowest BCUT2D eigenvalue weighted by Crippen LogP contribution is -2.23. The van der Waals surface area contributed by atoms with E-state index in [1.54, 1.807) is 55.9 Å². The number of para-hydroxylation sites is 1. The fraction of sp³-hybridized carbons (Fsp3) is 0.125. The van der Waals surface area contributed by atoms with E-state index < -0.39 is 16.7 Å². The average molecular weight is 492 g/mol. The minimum Gasteiger partial charge on any atom is -0.321 e. The van der Waals surface area contributed by atoms with Gasteiger partial charge >= 0.3 is 0 Å². The molecule has 2 amide bonds. The number of amides is 2. The standard InChI is InChI=1S/C24H21N5O5S/c1-14-21(24(32)28(27(14)3)18-10-5-4-6-11-18)26-22(30)16-8-7-9-17(12-16)25-23(31)20-13-19(29(33)34)15(2)35-20/h4-13H,1-3H3,(H,25,31)(H,26,30). The van der Waals surface area contributed by atoms with Crippen molar-refractivity contribution in [2.24, 2.45) is 7.05 Å². The van der Waals surface area contributed by atoms with E-state index in [-0.39, 0.29) is 27.4 Å². The van der Waals surface area contributed by atoms with E-state index in [1.807, 2.05) is 18.2 Å². The highest BCUT2D eigenvalue weighted by Crippen LogP contribution is 2.28. The topological polar surface area (TPSA) is 128 Å². The first-order valence-corrected chi connectivity index (χ1v) is 11.3. The Balaban J connectivity index is 1.55. The summed E-state index contributed by atoms with van der Waals surface area (Å²) in [6.45, 7) is 3.30. The molecule has 0 aliphatic rings. The summed E-state index contributed by atoms with van der Waals surface area (Å²) < 4.78 is 3.12. The number of nitro groups is 1. The number of rotatable bonds is 6. The maximum Gasteiger partial charge on any atom is 0.295 e. The normalized spacial score (nSPS) is 10.7. The first-order valence-electron chi connectivity index (χ1n) is 10.5. The van der Waals surface area contributed by atoms with Gasteiger partial charge in [-0.1, -0.05) is 24.3 Å². The van der Waals surface area contributed by atoms with E-state index in [0.29, 0.717) is 21.9 Å². The average Bonchev–Trinajstić information content (AvgIpc) is 3.33. The largest absolute Gasteiger partial charge is 0.321 e. The second-order valence-corrected chi connectivity index (χ2v) is 8.99. The van der Waals surface area contributed by atoms with Gasteiger partial charge < -0.3 is 10.6 Å². The van der Waals surface area contributed by atoms with Crippen LogP contribution in [0.25, 0.3) is 5.69 Å². The van der Waals surface area contributed by atoms with Crippen molar-refractivity contribution < 1.29 is 14.5 Å². The van der Waals surface area contributed by atoms with Crippen molar-refractivity contribution in [3.05, 3.63) is 102 Å². The summed E-state index contributed by atoms with van der Waals surface area (Å²) in [6, 6.07) is 16.5. The van der Waals surface area contributed by atoms with Crippen LogP contribution in [0.15, 0.2) is 65.5 Å². The molecular weight excluding hydrogens is 470 g/mol. The third kappa shape index (κ3) is 4.62. The van der Waals surface area contributed by atoms with Crippen LogP contribution in [0.4, 0.5) is 17.1 Å². The molecule has 2 heterocycles. The van der Waals surface area contributed by atoms with E-state index in [2.05, 4.69) is 10.6 Å². The van der Waals surface area contributed by atoms with Crippen molar-refractivity contribution in [2.75, 3.05) is 10.6 Å². The molecule has 2 aromatic heterocycles. The zero-order valence-electron chi connectivity index (χ0n) is 19.1. The Kier molecular flexibility index (Phi) is 6.34. The van der Waals surface area contributed by atoms with Gasteiger partial charge in [0.05, 0.1) is 26.1 Å². The van der Waals surface area contributed by atoms with Crippen LogP contribution in [0.5, 0.6) is 0 Å². The van der Waals surface area contributed by atoms with Crippen LogP contribution in [0.1, 0.15) is 30.6 Å². The zero-order valence-corrected chi connectivity index (χ0v) is 19.9. The molecule has 0 aliphatic carbocycles. The van der Waals surface area contributed by atoms with Crippen molar-refractivity contribution in [1.82, 2.24) is 9.36 Å². The van der Waals surface area contributed by atoms with Crippen LogP contribution in [0, 0.1) is 24.0 Å². The number of hydrogen-bond donors (Lipinski definition) is 2. The molecule has 10 nitrogen and oxygen atoms in total. The Morgan fingerprint density at radius 2 is 1.69 bits per heavy atom. The summed E-state index contributed by atoms with van der Waals surface area (Å²) in [5.41, 5.74) is 1.46. The van der Waals surface area contributed by atoms with Gasteiger partial charge in [0.2, 0.25) is 0 Å². The maximum absolute atomic E-state index is 13.0. The SMILES string of the molecule is Cc1sc(C(=O)Nc2cccc(C(=O)Nc3c(C)n(C)n(-c4ccccc4)c3=O)c2)cc1[N+](=O)[O-]. The number of carbonyl (C=O) groups is 2. The number of nitrogens with zero attached hydrogens (tertiary/aromatic N) is 3. The van der Waals surface area contributed by atoms with Crippen molar-refractivity contribution in [2.45, 2.75) is 13.8 Å². The first kappa shape index (κ1) is 23.6. The monoisotopic (exact) mass is 491 g/mol. The molecular formula is C24H21N5O5S. The molecule has 0 aliphatic heterocycles. The summed E-state index contributed by atoms with van der Waals surface area (Å²) in [6.07, 6.45) is 0. The number of anilines is 2. The van der Waals surface area contributed by atoms with Gasteiger partial charge in [0, 0.05) is 24.4 Å². The minimum atomic E-state index is -0.537. The van der Waals surface area contributed by atoms with Crippen LogP contribution in [-0.4, -0.2) is 26.1 Å². The molecule has 35 heavy (non-hydrogen) atoms. The summed E-state index contributed by atoms with van der Waals surface area (Å²) in [4.78, 5) is 49.7. The third-order valence-electron chi connectivity index (χ3n) is 5.49. The Bertz CT molecular complexity index is 1520. The highest BCUT2D eigenvalue weighted by Gasteiger charge is 2.21. The van der Waals surface area contributed by atoms with Gasteiger partial charge in [0.15, 0.2) is 0 Å². The van der Waals surface area contributed by atoms with E-state index in [1.165, 1.54) is 16.8 Å². The number of carbonyl (C=O) groups excluding carboxylic acids is 2. The number of aromatic nitrogens is 2. The lowest BCUT2D eigenvalue weighted by Gasteiger charge is -2.08. The second kappa shape index (κ2) is 9.39. The summed E-state index contributed by atoms with van der Waals surface area (Å²) in [5.74, 6) is -1.04. The number of hydrogen-bond acceptors (Lipinski definition) is 6. The Morgan fingerprint density at radius 3 is 2.34 bits per heavy atom. The summed E-state index contributed by atoms with van der Waals surface area (Å²) in [5, 5.41) is 16.4. The molecule has 4 aromatic rings. The van der Waals surface area contributed by atoms with Gasteiger partial charge in [-0.2, -0.15) is 0 Å². The molecule has 0 bridgehead atoms. The Morgan fingerprint density at radius 1 is 0.971 bits per heavy atom. The van der Waals surface area contributed by atoms with Crippen molar-refractivity contribution in [3.63, 3.8) is 0 Å². The quantitative estimate of drug-likeness (QED) is 0.308. The van der Waals surface area contributed by atoms with Crippen LogP contribution in [-0.2, 0) is 7.05 Å². The summed E-state index contributed by atoms with van der Waals surface area (Å²) >= 11 is 1.01. The summed E-state index contributed by atoms with van der Waals surface area (Å²) in [7, 11) is 1.73. The second-order valence-electron chi connectivity index (χ2n) is 7.73. The van der Waals surface area contributed by atoms with E-state index >= 15 is 0 Å². The molecule has 2 N–H and O–H groups in total. The number of benzene rings is 2. The number of thiophene rings is 1. The van der Waals surface area contributed by atoms with Crippen molar-refractivity contribution in [1.29, 1.82) is 0 Å². The third-order valence-corrected chi connectivity index (χ3v) is 6.53. The molecule has 0 saturated carbocycles. The lowest BCUT2D eigenvalue weighted by atomic mass is 10.2. The fourth-order valence-corrected chi connectivity index (χ4v) is 4.48. The predicted octanol–water partition coefficient (Wildman–Crippen LogP) is 4.27.